The van der Waals surface area contributed by atoms with Gasteiger partial charge in [0.2, 0.25) is 0 Å². The highest BCUT2D eigenvalue weighted by atomic mass is 79.9. The van der Waals surface area contributed by atoms with Gasteiger partial charge in [-0.15, -0.1) is 0 Å². The van der Waals surface area contributed by atoms with Crippen molar-refractivity contribution in [3.8, 4) is 0 Å². The molecule has 2 rings (SSSR count). The van der Waals surface area contributed by atoms with Crippen molar-refractivity contribution in [1.29, 1.82) is 0 Å². The lowest BCUT2D eigenvalue weighted by Crippen LogP contribution is -2.29. The van der Waals surface area contributed by atoms with Crippen molar-refractivity contribution in [2.45, 2.75) is 57.9 Å². The lowest BCUT2D eigenvalue weighted by molar-refractivity contribution is 0.413. The fourth-order valence-electron chi connectivity index (χ4n) is 3.22. The number of hydrogen-bond acceptors (Lipinski definition) is 2. The minimum Gasteiger partial charge on any atom is -0.317 e. The molecule has 1 fully saturated rings. The van der Waals surface area contributed by atoms with Crippen molar-refractivity contribution in [2.24, 2.45) is 13.0 Å². The highest BCUT2D eigenvalue weighted by molar-refractivity contribution is 9.10. The van der Waals surface area contributed by atoms with Crippen LogP contribution >= 0.6 is 15.9 Å². The van der Waals surface area contributed by atoms with E-state index >= 15 is 0 Å². The third kappa shape index (κ3) is 3.82. The van der Waals surface area contributed by atoms with Crippen LogP contribution in [-0.2, 0) is 13.5 Å². The van der Waals surface area contributed by atoms with Crippen LogP contribution < -0.4 is 5.32 Å². The van der Waals surface area contributed by atoms with Crippen molar-refractivity contribution < 1.29 is 0 Å². The summed E-state index contributed by atoms with van der Waals surface area (Å²) >= 11 is 3.66. The number of aryl methyl sites for hydroxylation is 2. The SMILES string of the molecule is CNC(CCC1CCCC1)Cc1c(Br)c(C)nn1C. The Kier molecular flexibility index (Phi) is 5.46. The van der Waals surface area contributed by atoms with E-state index in [-0.39, 0.29) is 0 Å². The maximum atomic E-state index is 4.48. The molecule has 0 spiro atoms. The Balaban J connectivity index is 1.90. The minimum absolute atomic E-state index is 0.562. The number of nitrogens with zero attached hydrogens (tertiary/aromatic N) is 2. The number of aromatic nitrogens is 2. The summed E-state index contributed by atoms with van der Waals surface area (Å²) in [5, 5.41) is 7.95. The van der Waals surface area contributed by atoms with Gasteiger partial charge in [-0.2, -0.15) is 5.10 Å². The Morgan fingerprint density at radius 3 is 2.63 bits per heavy atom. The molecule has 0 saturated heterocycles. The van der Waals surface area contributed by atoms with Crippen molar-refractivity contribution in [3.05, 3.63) is 15.9 Å². The zero-order valence-electron chi connectivity index (χ0n) is 12.4. The van der Waals surface area contributed by atoms with Crippen LogP contribution in [0, 0.1) is 12.8 Å². The van der Waals surface area contributed by atoms with Crippen LogP contribution in [0.3, 0.4) is 0 Å². The molecule has 0 aliphatic heterocycles. The average molecular weight is 328 g/mol. The summed E-state index contributed by atoms with van der Waals surface area (Å²) in [6, 6.07) is 0.562. The first-order valence-electron chi connectivity index (χ1n) is 7.47. The van der Waals surface area contributed by atoms with Gasteiger partial charge in [-0.3, -0.25) is 4.68 Å². The van der Waals surface area contributed by atoms with Crippen molar-refractivity contribution in [2.75, 3.05) is 7.05 Å². The monoisotopic (exact) mass is 327 g/mol. The summed E-state index contributed by atoms with van der Waals surface area (Å²) in [6.07, 6.45) is 9.50. The Labute approximate surface area is 125 Å². The second-order valence-electron chi connectivity index (χ2n) is 5.89. The number of rotatable bonds is 6. The van der Waals surface area contributed by atoms with Crippen LogP contribution in [0.1, 0.15) is 49.9 Å². The molecular weight excluding hydrogens is 302 g/mol. The molecule has 1 aliphatic rings. The highest BCUT2D eigenvalue weighted by Crippen LogP contribution is 2.29. The van der Waals surface area contributed by atoms with E-state index < -0.39 is 0 Å². The third-order valence-electron chi connectivity index (χ3n) is 4.51. The summed E-state index contributed by atoms with van der Waals surface area (Å²) in [5.41, 5.74) is 2.39. The van der Waals surface area contributed by atoms with Crippen LogP contribution in [0.15, 0.2) is 4.47 Å². The molecule has 0 radical (unpaired) electrons. The van der Waals surface area contributed by atoms with Crippen LogP contribution in [-0.4, -0.2) is 22.9 Å². The largest absolute Gasteiger partial charge is 0.317 e. The van der Waals surface area contributed by atoms with Gasteiger partial charge in [0.25, 0.3) is 0 Å². The average Bonchev–Trinajstić information content (AvgIpc) is 2.98. The van der Waals surface area contributed by atoms with Gasteiger partial charge in [-0.1, -0.05) is 25.7 Å². The molecule has 1 atom stereocenters. The minimum atomic E-state index is 0.562. The lowest BCUT2D eigenvalue weighted by Gasteiger charge is -2.18. The van der Waals surface area contributed by atoms with E-state index in [9.17, 15) is 0 Å². The van der Waals surface area contributed by atoms with Gasteiger partial charge in [-0.05, 0) is 48.7 Å². The standard InChI is InChI=1S/C15H26BrN3/c1-11-15(16)14(19(3)18-11)10-13(17-2)9-8-12-6-4-5-7-12/h12-13,17H,4-10H2,1-3H3. The van der Waals surface area contributed by atoms with E-state index in [1.165, 1.54) is 48.7 Å². The molecule has 4 heteroatoms. The first kappa shape index (κ1) is 15.0. The molecule has 1 saturated carbocycles. The molecular formula is C15H26BrN3. The molecule has 3 nitrogen and oxygen atoms in total. The fourth-order valence-corrected chi connectivity index (χ4v) is 3.72. The quantitative estimate of drug-likeness (QED) is 0.865. The summed E-state index contributed by atoms with van der Waals surface area (Å²) in [4.78, 5) is 0. The van der Waals surface area contributed by atoms with E-state index in [2.05, 4.69) is 40.3 Å². The molecule has 1 unspecified atom stereocenters. The van der Waals surface area contributed by atoms with Gasteiger partial charge in [0.15, 0.2) is 0 Å². The number of nitrogens with one attached hydrogen (secondary N) is 1. The van der Waals surface area contributed by atoms with E-state index in [4.69, 9.17) is 0 Å². The van der Waals surface area contributed by atoms with Crippen LogP contribution in [0.4, 0.5) is 0 Å². The topological polar surface area (TPSA) is 29.9 Å². The highest BCUT2D eigenvalue weighted by Gasteiger charge is 2.19. The van der Waals surface area contributed by atoms with Gasteiger partial charge in [0.05, 0.1) is 15.9 Å². The molecule has 1 aliphatic carbocycles. The predicted octanol–water partition coefficient (Wildman–Crippen LogP) is 3.59. The van der Waals surface area contributed by atoms with Gasteiger partial charge in [-0.25, -0.2) is 0 Å². The van der Waals surface area contributed by atoms with Crippen molar-refractivity contribution >= 4 is 15.9 Å². The molecule has 19 heavy (non-hydrogen) atoms. The third-order valence-corrected chi connectivity index (χ3v) is 5.54. The molecule has 1 aromatic rings. The molecule has 0 bridgehead atoms. The fraction of sp³-hybridized carbons (Fsp3) is 0.800. The Hall–Kier alpha value is -0.350. The maximum absolute atomic E-state index is 4.48. The Bertz CT molecular complexity index is 408. The number of halogens is 1. The zero-order chi connectivity index (χ0) is 13.8. The summed E-state index contributed by atoms with van der Waals surface area (Å²) in [7, 11) is 4.12. The molecule has 1 heterocycles. The van der Waals surface area contributed by atoms with Gasteiger partial charge in [0, 0.05) is 19.5 Å². The van der Waals surface area contributed by atoms with E-state index in [0.29, 0.717) is 6.04 Å². The van der Waals surface area contributed by atoms with E-state index in [1.54, 1.807) is 0 Å². The summed E-state index contributed by atoms with van der Waals surface area (Å²) in [5.74, 6) is 0.979. The molecule has 1 aromatic heterocycles. The molecule has 0 amide bonds. The molecule has 1 N–H and O–H groups in total. The predicted molar refractivity (Wildman–Crippen MR) is 83.4 cm³/mol. The smallest absolute Gasteiger partial charge is 0.0738 e. The Morgan fingerprint density at radius 2 is 2.11 bits per heavy atom. The summed E-state index contributed by atoms with van der Waals surface area (Å²) < 4.78 is 3.19. The van der Waals surface area contributed by atoms with E-state index in [0.717, 1.165) is 18.0 Å². The van der Waals surface area contributed by atoms with Crippen molar-refractivity contribution in [1.82, 2.24) is 15.1 Å². The second kappa shape index (κ2) is 6.89. The first-order chi connectivity index (χ1) is 9.11. The molecule has 108 valence electrons. The van der Waals surface area contributed by atoms with E-state index in [1.807, 2.05) is 11.7 Å². The van der Waals surface area contributed by atoms with Gasteiger partial charge >= 0.3 is 0 Å². The maximum Gasteiger partial charge on any atom is 0.0738 e. The van der Waals surface area contributed by atoms with Crippen molar-refractivity contribution in [3.63, 3.8) is 0 Å². The number of likely N-dealkylation sites (N-methyl/N-ethyl adjacent to an activating group) is 1. The first-order valence-corrected chi connectivity index (χ1v) is 8.26. The normalized spacial score (nSPS) is 18.1. The second-order valence-corrected chi connectivity index (χ2v) is 6.68. The lowest BCUT2D eigenvalue weighted by atomic mass is 9.96. The van der Waals surface area contributed by atoms with Gasteiger partial charge in [0.1, 0.15) is 0 Å². The zero-order valence-corrected chi connectivity index (χ0v) is 14.0. The van der Waals surface area contributed by atoms with Gasteiger partial charge < -0.3 is 5.32 Å². The van der Waals surface area contributed by atoms with Crippen LogP contribution in [0.5, 0.6) is 0 Å². The van der Waals surface area contributed by atoms with Crippen LogP contribution in [0.25, 0.3) is 0 Å². The Morgan fingerprint density at radius 1 is 1.42 bits per heavy atom. The molecule has 0 aromatic carbocycles. The number of hydrogen-bond donors (Lipinski definition) is 1. The van der Waals surface area contributed by atoms with Crippen LogP contribution in [0.2, 0.25) is 0 Å². The summed E-state index contributed by atoms with van der Waals surface area (Å²) in [6.45, 7) is 2.06.